The van der Waals surface area contributed by atoms with Crippen LogP contribution in [0.4, 0.5) is 0 Å². The number of unbranched alkanes of at least 4 members (excludes halogenated alkanes) is 49. The maximum atomic E-state index is 13.1. The second-order valence-corrected chi connectivity index (χ2v) is 31.7. The average Bonchev–Trinajstić information content (AvgIpc) is 0.919. The summed E-state index contributed by atoms with van der Waals surface area (Å²) in [5.74, 6) is -2.15. The van der Waals surface area contributed by atoms with Gasteiger partial charge in [0, 0.05) is 25.7 Å². The number of ether oxygens (including phenoxy) is 4. The number of carbonyl (C=O) groups excluding carboxylic acids is 4. The highest BCUT2D eigenvalue weighted by atomic mass is 31.2. The molecule has 0 rings (SSSR count). The first-order valence-electron chi connectivity index (χ1n) is 42.2. The molecule has 0 aromatic carbocycles. The number of hydrogen-bond acceptors (Lipinski definition) is 15. The van der Waals surface area contributed by atoms with E-state index in [1.54, 1.807) is 0 Å². The van der Waals surface area contributed by atoms with Crippen LogP contribution in [0.1, 0.15) is 413 Å². The fraction of sp³-hybridized carbons (Fsp3) is 0.880. The van der Waals surface area contributed by atoms with E-state index in [4.69, 9.17) is 37.0 Å². The molecule has 0 bridgehead atoms. The van der Waals surface area contributed by atoms with Crippen LogP contribution >= 0.6 is 15.6 Å². The van der Waals surface area contributed by atoms with Gasteiger partial charge in [-0.3, -0.25) is 37.3 Å². The first-order valence-corrected chi connectivity index (χ1v) is 45.2. The zero-order valence-electron chi connectivity index (χ0n) is 65.8. The molecule has 0 aliphatic carbocycles. The lowest BCUT2D eigenvalue weighted by Crippen LogP contribution is -2.30. The molecule has 17 nitrogen and oxygen atoms in total. The minimum atomic E-state index is -4.97. The Morgan fingerprint density at radius 1 is 0.275 bits per heavy atom. The predicted octanol–water partition coefficient (Wildman–Crippen LogP) is 24.7. The molecule has 5 atom stereocenters. The third kappa shape index (κ3) is 75.5. The van der Waals surface area contributed by atoms with Crippen molar-refractivity contribution in [3.63, 3.8) is 0 Å². The van der Waals surface area contributed by atoms with Gasteiger partial charge in [0.15, 0.2) is 12.2 Å². The van der Waals surface area contributed by atoms with Crippen LogP contribution in [0.5, 0.6) is 0 Å². The predicted molar refractivity (Wildman–Crippen MR) is 418 cm³/mol. The summed E-state index contributed by atoms with van der Waals surface area (Å²) in [4.78, 5) is 73.1. The Hall–Kier alpha value is -2.72. The summed E-state index contributed by atoms with van der Waals surface area (Å²) < 4.78 is 68.8. The Kier molecular flexibility index (Phi) is 74.4. The molecule has 0 aliphatic rings. The minimum absolute atomic E-state index is 0.0865. The second-order valence-electron chi connectivity index (χ2n) is 28.8. The van der Waals surface area contributed by atoms with E-state index in [9.17, 15) is 43.2 Å². The van der Waals surface area contributed by atoms with Crippen molar-refractivity contribution in [2.24, 2.45) is 0 Å². The van der Waals surface area contributed by atoms with Crippen molar-refractivity contribution in [1.82, 2.24) is 0 Å². The van der Waals surface area contributed by atoms with Gasteiger partial charge >= 0.3 is 39.5 Å². The molecule has 600 valence electrons. The maximum Gasteiger partial charge on any atom is 0.472 e. The van der Waals surface area contributed by atoms with Crippen LogP contribution in [0, 0.1) is 0 Å². The minimum Gasteiger partial charge on any atom is -0.462 e. The van der Waals surface area contributed by atoms with Crippen molar-refractivity contribution in [2.45, 2.75) is 431 Å². The number of aliphatic hydroxyl groups excluding tert-OH is 1. The molecule has 3 N–H and O–H groups in total. The smallest absolute Gasteiger partial charge is 0.462 e. The zero-order valence-corrected chi connectivity index (χ0v) is 67.6. The fourth-order valence-electron chi connectivity index (χ4n) is 12.1. The van der Waals surface area contributed by atoms with Crippen LogP contribution < -0.4 is 0 Å². The molecular weight excluding hydrogens is 1330 g/mol. The highest BCUT2D eigenvalue weighted by molar-refractivity contribution is 7.47. The van der Waals surface area contributed by atoms with Gasteiger partial charge in [0.25, 0.3) is 0 Å². The first-order chi connectivity index (χ1) is 49.7. The summed E-state index contributed by atoms with van der Waals surface area (Å²) in [6.07, 6.45) is 73.9. The van der Waals surface area contributed by atoms with E-state index in [0.717, 1.165) is 128 Å². The van der Waals surface area contributed by atoms with Crippen molar-refractivity contribution in [1.29, 1.82) is 0 Å². The number of phosphoric acid groups is 2. The lowest BCUT2D eigenvalue weighted by Gasteiger charge is -2.21. The van der Waals surface area contributed by atoms with Crippen LogP contribution in [0.15, 0.2) is 36.5 Å². The third-order valence-corrected chi connectivity index (χ3v) is 20.5. The lowest BCUT2D eigenvalue weighted by molar-refractivity contribution is -0.161. The van der Waals surface area contributed by atoms with Gasteiger partial charge in [-0.1, -0.05) is 340 Å². The van der Waals surface area contributed by atoms with E-state index in [1.807, 2.05) is 0 Å². The van der Waals surface area contributed by atoms with E-state index in [1.165, 1.54) is 205 Å². The van der Waals surface area contributed by atoms with E-state index in [2.05, 4.69) is 64.2 Å². The molecular formula is C83H156O17P2. The van der Waals surface area contributed by atoms with Crippen LogP contribution in [0.3, 0.4) is 0 Å². The van der Waals surface area contributed by atoms with Gasteiger partial charge in [-0.2, -0.15) is 0 Å². The van der Waals surface area contributed by atoms with Gasteiger partial charge in [0.1, 0.15) is 19.3 Å². The fourth-order valence-corrected chi connectivity index (χ4v) is 13.7. The molecule has 19 heteroatoms. The average molecular weight is 1490 g/mol. The van der Waals surface area contributed by atoms with Gasteiger partial charge in [0.05, 0.1) is 26.4 Å². The SMILES string of the molecule is CCCCC/C=C\C/C=C\CCCCCCCC(=O)O[C@H](COC(=O)CCCCCCCCCCCCCCCCCCC)COP(=O)(O)OC[C@@H](O)COP(=O)(O)OC[C@@H](COC(=O)CCCCCCC/C=C\CCCCCCCC)OC(=O)CCCCCCCCCCCCCCCCC. The molecule has 102 heavy (non-hydrogen) atoms. The summed E-state index contributed by atoms with van der Waals surface area (Å²) in [7, 11) is -9.94. The Balaban J connectivity index is 5.31. The normalized spacial score (nSPS) is 14.0. The molecule has 0 aliphatic heterocycles. The summed E-state index contributed by atoms with van der Waals surface area (Å²) in [5.41, 5.74) is 0. The number of phosphoric ester groups is 2. The molecule has 0 amide bonds. The van der Waals surface area contributed by atoms with Crippen LogP contribution in [0.25, 0.3) is 0 Å². The highest BCUT2D eigenvalue weighted by Gasteiger charge is 2.30. The van der Waals surface area contributed by atoms with Crippen molar-refractivity contribution >= 4 is 39.5 Å². The Morgan fingerprint density at radius 2 is 0.480 bits per heavy atom. The van der Waals surface area contributed by atoms with Crippen molar-refractivity contribution in [3.05, 3.63) is 36.5 Å². The lowest BCUT2D eigenvalue weighted by atomic mass is 10.0. The summed E-state index contributed by atoms with van der Waals surface area (Å²) in [6.45, 7) is 4.94. The molecule has 0 radical (unpaired) electrons. The number of carbonyl (C=O) groups is 4. The number of rotatable bonds is 81. The van der Waals surface area contributed by atoms with E-state index in [-0.39, 0.29) is 25.7 Å². The van der Waals surface area contributed by atoms with Gasteiger partial charge in [-0.05, 0) is 83.5 Å². The third-order valence-electron chi connectivity index (χ3n) is 18.6. The molecule has 0 saturated carbocycles. The summed E-state index contributed by atoms with van der Waals surface area (Å²) in [5, 5.41) is 10.7. The number of aliphatic hydroxyl groups is 1. The monoisotopic (exact) mass is 1490 g/mol. The van der Waals surface area contributed by atoms with E-state index >= 15 is 0 Å². The molecule has 0 spiro atoms. The van der Waals surface area contributed by atoms with Crippen molar-refractivity contribution in [2.75, 3.05) is 39.6 Å². The first kappa shape index (κ1) is 99.3. The van der Waals surface area contributed by atoms with Gasteiger partial charge in [-0.15, -0.1) is 0 Å². The van der Waals surface area contributed by atoms with Gasteiger partial charge in [-0.25, -0.2) is 9.13 Å². The Labute approximate surface area is 624 Å². The Morgan fingerprint density at radius 3 is 0.755 bits per heavy atom. The van der Waals surface area contributed by atoms with Crippen LogP contribution in [0.2, 0.25) is 0 Å². The number of hydrogen-bond donors (Lipinski definition) is 3. The summed E-state index contributed by atoms with van der Waals surface area (Å²) in [6, 6.07) is 0. The quantitative estimate of drug-likeness (QED) is 0.0169. The zero-order chi connectivity index (χ0) is 74.6. The van der Waals surface area contributed by atoms with Crippen LogP contribution in [-0.2, 0) is 65.4 Å². The molecule has 0 heterocycles. The van der Waals surface area contributed by atoms with Crippen molar-refractivity contribution < 1.29 is 80.2 Å². The topological polar surface area (TPSA) is 237 Å². The molecule has 0 aromatic heterocycles. The summed E-state index contributed by atoms with van der Waals surface area (Å²) >= 11 is 0. The van der Waals surface area contributed by atoms with E-state index in [0.29, 0.717) is 25.7 Å². The highest BCUT2D eigenvalue weighted by Crippen LogP contribution is 2.45. The van der Waals surface area contributed by atoms with Gasteiger partial charge in [0.2, 0.25) is 0 Å². The standard InChI is InChI=1S/C83H156O17P2/c1-5-9-13-17-21-25-29-33-37-38-42-44-48-52-56-60-64-68-81(86)94-74-79(100-83(88)70-66-62-58-54-50-46-41-36-32-28-24-20-16-12-8-4)76-98-102(91,92)96-72-77(84)71-95-101(89,90)97-75-78(99-82(87)69-65-61-57-53-49-45-40-35-31-27-23-19-15-11-7-3)73-93-80(85)67-63-59-55-51-47-43-39-34-30-26-22-18-14-10-6-2/h24,28,34,36,39,41,77-79,84H,5-23,25-27,29-33,35,37-38,40,42-76H2,1-4H3,(H,89,90)(H,91,92)/b28-24-,39-34-,41-36-/t77-,78+,79+/m0/s1. The van der Waals surface area contributed by atoms with Gasteiger partial charge < -0.3 is 33.8 Å². The van der Waals surface area contributed by atoms with Crippen molar-refractivity contribution in [3.8, 4) is 0 Å². The maximum absolute atomic E-state index is 13.1. The van der Waals surface area contributed by atoms with Crippen LogP contribution in [-0.4, -0.2) is 96.7 Å². The second kappa shape index (κ2) is 76.5. The molecule has 0 saturated heterocycles. The molecule has 2 unspecified atom stereocenters. The molecule has 0 aromatic rings. The number of allylic oxidation sites excluding steroid dienone is 6. The van der Waals surface area contributed by atoms with E-state index < -0.39 is 97.5 Å². The largest absolute Gasteiger partial charge is 0.472 e. The number of esters is 4. The molecule has 0 fully saturated rings. The Bertz CT molecular complexity index is 2070.